The van der Waals surface area contributed by atoms with Crippen molar-refractivity contribution in [1.82, 2.24) is 14.8 Å². The molecule has 0 atom stereocenters. The Labute approximate surface area is 110 Å². The summed E-state index contributed by atoms with van der Waals surface area (Å²) in [5.74, 6) is -0.782. The molecule has 0 aliphatic carbocycles. The summed E-state index contributed by atoms with van der Waals surface area (Å²) < 4.78 is 14.6. The van der Waals surface area contributed by atoms with E-state index in [9.17, 15) is 9.18 Å². The number of carbonyl (C=O) groups is 1. The van der Waals surface area contributed by atoms with Crippen molar-refractivity contribution >= 4 is 11.7 Å². The number of hydrogen-bond donors (Lipinski definition) is 1. The van der Waals surface area contributed by atoms with Crippen molar-refractivity contribution in [1.29, 1.82) is 0 Å². The van der Waals surface area contributed by atoms with Gasteiger partial charge in [-0.25, -0.2) is 4.98 Å². The number of amides is 1. The zero-order valence-electron chi connectivity index (χ0n) is 10.9. The average Bonchev–Trinajstić information content (AvgIpc) is 2.82. The lowest BCUT2D eigenvalue weighted by Crippen LogP contribution is -2.18. The van der Waals surface area contributed by atoms with Crippen LogP contribution in [-0.2, 0) is 13.0 Å². The van der Waals surface area contributed by atoms with E-state index in [-0.39, 0.29) is 11.7 Å². The second kappa shape index (κ2) is 5.60. The van der Waals surface area contributed by atoms with E-state index in [1.165, 1.54) is 18.2 Å². The number of aromatic nitrogens is 3. The molecule has 100 valence electrons. The monoisotopic (exact) mass is 262 g/mol. The van der Waals surface area contributed by atoms with Gasteiger partial charge in [-0.2, -0.15) is 9.49 Å². The number of aryl methyl sites for hydroxylation is 2. The van der Waals surface area contributed by atoms with Gasteiger partial charge in [0, 0.05) is 6.54 Å². The van der Waals surface area contributed by atoms with Crippen LogP contribution in [0.5, 0.6) is 0 Å². The Morgan fingerprint density at radius 3 is 2.84 bits per heavy atom. The van der Waals surface area contributed by atoms with E-state index >= 15 is 0 Å². The number of rotatable bonds is 4. The molecule has 19 heavy (non-hydrogen) atoms. The number of hydrogen-bond acceptors (Lipinski definition) is 3. The molecule has 0 aliphatic heterocycles. The third-order valence-corrected chi connectivity index (χ3v) is 2.68. The smallest absolute Gasteiger partial charge is 0.275 e. The van der Waals surface area contributed by atoms with Gasteiger partial charge >= 0.3 is 0 Å². The largest absolute Gasteiger partial charge is 0.305 e. The highest BCUT2D eigenvalue weighted by molar-refractivity contribution is 6.02. The molecule has 5 nitrogen and oxygen atoms in total. The summed E-state index contributed by atoms with van der Waals surface area (Å²) in [5.41, 5.74) is 1.30. The zero-order chi connectivity index (χ0) is 13.8. The molecule has 0 saturated carbocycles. The molecule has 0 saturated heterocycles. The molecule has 0 bridgehead atoms. The lowest BCUT2D eigenvalue weighted by molar-refractivity contribution is 0.101. The maximum atomic E-state index is 12.9. The van der Waals surface area contributed by atoms with Crippen LogP contribution in [0.1, 0.15) is 30.0 Å². The molecule has 2 aromatic heterocycles. The topological polar surface area (TPSA) is 59.8 Å². The normalized spacial score (nSPS) is 10.5. The van der Waals surface area contributed by atoms with Crippen molar-refractivity contribution in [2.24, 2.45) is 0 Å². The molecule has 0 radical (unpaired) electrons. The minimum Gasteiger partial charge on any atom is -0.305 e. The number of nitrogens with zero attached hydrogens (tertiary/aromatic N) is 3. The molecular formula is C13H15FN4O. The summed E-state index contributed by atoms with van der Waals surface area (Å²) in [6.07, 6.45) is 0.755. The summed E-state index contributed by atoms with van der Waals surface area (Å²) in [7, 11) is 0. The van der Waals surface area contributed by atoms with E-state index in [4.69, 9.17) is 0 Å². The maximum Gasteiger partial charge on any atom is 0.275 e. The molecule has 2 heterocycles. The fraction of sp³-hybridized carbons (Fsp3) is 0.308. The van der Waals surface area contributed by atoms with Crippen LogP contribution >= 0.6 is 0 Å². The Bertz CT molecular complexity index is 594. The first-order valence-electron chi connectivity index (χ1n) is 6.14. The second-order valence-corrected chi connectivity index (χ2v) is 3.99. The molecule has 0 fully saturated rings. The fourth-order valence-electron chi connectivity index (χ4n) is 1.72. The second-order valence-electron chi connectivity index (χ2n) is 3.99. The summed E-state index contributed by atoms with van der Waals surface area (Å²) in [5, 5.41) is 6.85. The predicted molar refractivity (Wildman–Crippen MR) is 69.4 cm³/mol. The van der Waals surface area contributed by atoms with Crippen LogP contribution in [0, 0.1) is 5.95 Å². The van der Waals surface area contributed by atoms with Crippen molar-refractivity contribution < 1.29 is 9.18 Å². The first-order chi connectivity index (χ1) is 9.13. The number of halogens is 1. The molecule has 1 N–H and O–H groups in total. The molecule has 2 aromatic rings. The molecule has 0 unspecified atom stereocenters. The van der Waals surface area contributed by atoms with Crippen LogP contribution in [0.25, 0.3) is 0 Å². The molecule has 0 aromatic carbocycles. The van der Waals surface area contributed by atoms with Gasteiger partial charge in [0.1, 0.15) is 11.5 Å². The SMILES string of the molecule is CCc1cc(C(=O)Nc2cccc(F)n2)n(CC)n1. The van der Waals surface area contributed by atoms with E-state index in [0.717, 1.165) is 12.1 Å². The van der Waals surface area contributed by atoms with Gasteiger partial charge in [0.05, 0.1) is 5.69 Å². The van der Waals surface area contributed by atoms with Gasteiger partial charge in [-0.15, -0.1) is 0 Å². The van der Waals surface area contributed by atoms with Crippen LogP contribution in [0.2, 0.25) is 0 Å². The summed E-state index contributed by atoms with van der Waals surface area (Å²) in [4.78, 5) is 15.7. The number of carbonyl (C=O) groups excluding carboxylic acids is 1. The van der Waals surface area contributed by atoms with Gasteiger partial charge in [-0.1, -0.05) is 13.0 Å². The number of pyridine rings is 1. The molecule has 1 amide bonds. The van der Waals surface area contributed by atoms with Crippen LogP contribution in [-0.4, -0.2) is 20.7 Å². The standard InChI is InChI=1S/C13H15FN4O/c1-3-9-8-10(18(4-2)17-9)13(19)16-12-7-5-6-11(14)15-12/h5-8H,3-4H2,1-2H3,(H,15,16,19). The van der Waals surface area contributed by atoms with Crippen LogP contribution in [0.3, 0.4) is 0 Å². The zero-order valence-corrected chi connectivity index (χ0v) is 10.9. The van der Waals surface area contributed by atoms with E-state index < -0.39 is 5.95 Å². The third kappa shape index (κ3) is 2.96. The van der Waals surface area contributed by atoms with E-state index in [1.54, 1.807) is 10.7 Å². The highest BCUT2D eigenvalue weighted by Crippen LogP contribution is 2.10. The van der Waals surface area contributed by atoms with Crippen molar-refractivity contribution in [2.75, 3.05) is 5.32 Å². The number of nitrogens with one attached hydrogen (secondary N) is 1. The van der Waals surface area contributed by atoms with E-state index in [2.05, 4.69) is 15.4 Å². The minimum atomic E-state index is -0.629. The highest BCUT2D eigenvalue weighted by Gasteiger charge is 2.14. The minimum absolute atomic E-state index is 0.187. The third-order valence-electron chi connectivity index (χ3n) is 2.68. The van der Waals surface area contributed by atoms with Crippen molar-refractivity contribution in [2.45, 2.75) is 26.8 Å². The number of anilines is 1. The molecular weight excluding hydrogens is 247 g/mol. The van der Waals surface area contributed by atoms with Crippen molar-refractivity contribution in [3.63, 3.8) is 0 Å². The van der Waals surface area contributed by atoms with Gasteiger partial charge < -0.3 is 5.32 Å². The van der Waals surface area contributed by atoms with Gasteiger partial charge in [-0.3, -0.25) is 9.48 Å². The Balaban J connectivity index is 2.22. The summed E-state index contributed by atoms with van der Waals surface area (Å²) in [6, 6.07) is 5.99. The van der Waals surface area contributed by atoms with E-state index in [1.807, 2.05) is 13.8 Å². The Hall–Kier alpha value is -2.24. The molecule has 0 spiro atoms. The average molecular weight is 262 g/mol. The van der Waals surface area contributed by atoms with Gasteiger partial charge in [-0.05, 0) is 31.5 Å². The Morgan fingerprint density at radius 2 is 2.21 bits per heavy atom. The fourth-order valence-corrected chi connectivity index (χ4v) is 1.72. The lowest BCUT2D eigenvalue weighted by Gasteiger charge is -2.05. The predicted octanol–water partition coefficient (Wildman–Crippen LogP) is 2.25. The van der Waals surface area contributed by atoms with Crippen LogP contribution in [0.15, 0.2) is 24.3 Å². The summed E-state index contributed by atoms with van der Waals surface area (Å²) in [6.45, 7) is 4.47. The van der Waals surface area contributed by atoms with Gasteiger partial charge in [0.15, 0.2) is 0 Å². The Morgan fingerprint density at radius 1 is 1.42 bits per heavy atom. The van der Waals surface area contributed by atoms with E-state index in [0.29, 0.717) is 12.2 Å². The molecule has 2 rings (SSSR count). The van der Waals surface area contributed by atoms with Crippen molar-refractivity contribution in [3.8, 4) is 0 Å². The quantitative estimate of drug-likeness (QED) is 0.860. The first-order valence-corrected chi connectivity index (χ1v) is 6.14. The van der Waals surface area contributed by atoms with Crippen LogP contribution < -0.4 is 5.32 Å². The van der Waals surface area contributed by atoms with Gasteiger partial charge in [0.25, 0.3) is 5.91 Å². The highest BCUT2D eigenvalue weighted by atomic mass is 19.1. The lowest BCUT2D eigenvalue weighted by atomic mass is 10.3. The maximum absolute atomic E-state index is 12.9. The van der Waals surface area contributed by atoms with Crippen molar-refractivity contribution in [3.05, 3.63) is 41.6 Å². The summed E-state index contributed by atoms with van der Waals surface area (Å²) >= 11 is 0. The van der Waals surface area contributed by atoms with Crippen LogP contribution in [0.4, 0.5) is 10.2 Å². The van der Waals surface area contributed by atoms with Gasteiger partial charge in [0.2, 0.25) is 5.95 Å². The molecule has 0 aliphatic rings. The molecule has 6 heteroatoms. The Kier molecular flexibility index (Phi) is 3.89. The first kappa shape index (κ1) is 13.2.